The summed E-state index contributed by atoms with van der Waals surface area (Å²) in [5.41, 5.74) is 8.05. The number of carbonyl (C=O) groups is 2. The lowest BCUT2D eigenvalue weighted by Crippen LogP contribution is -2.38. The van der Waals surface area contributed by atoms with Crippen molar-refractivity contribution in [2.45, 2.75) is 26.8 Å². The van der Waals surface area contributed by atoms with Gasteiger partial charge in [0.1, 0.15) is 0 Å². The first-order chi connectivity index (χ1) is 10.9. The highest BCUT2D eigenvalue weighted by Gasteiger charge is 2.20. The Labute approximate surface area is 154 Å². The number of aryl methyl sites for hydroxylation is 1. The third kappa shape index (κ3) is 5.13. The minimum absolute atomic E-state index is 0. The molecule has 1 saturated heterocycles. The number of amides is 2. The second kappa shape index (κ2) is 9.30. The Morgan fingerprint density at radius 1 is 1.25 bits per heavy atom. The van der Waals surface area contributed by atoms with Gasteiger partial charge in [0.25, 0.3) is 5.91 Å². The molecule has 3 N–H and O–H groups in total. The van der Waals surface area contributed by atoms with Gasteiger partial charge < -0.3 is 16.0 Å². The van der Waals surface area contributed by atoms with Crippen molar-refractivity contribution in [3.63, 3.8) is 0 Å². The van der Waals surface area contributed by atoms with Crippen LogP contribution < -0.4 is 11.1 Å². The Balaban J connectivity index is 0.00000288. The summed E-state index contributed by atoms with van der Waals surface area (Å²) in [6.45, 7) is 7.12. The number of nitrogens with one attached hydrogen (secondary N) is 1. The van der Waals surface area contributed by atoms with Crippen molar-refractivity contribution in [2.24, 2.45) is 11.7 Å². The van der Waals surface area contributed by atoms with Crippen molar-refractivity contribution in [1.82, 2.24) is 4.90 Å². The molecule has 2 rings (SSSR count). The summed E-state index contributed by atoms with van der Waals surface area (Å²) in [6.07, 6.45) is 0. The molecule has 7 heteroatoms. The third-order valence-corrected chi connectivity index (χ3v) is 5.17. The van der Waals surface area contributed by atoms with E-state index in [1.807, 2.05) is 43.5 Å². The molecule has 2 unspecified atom stereocenters. The van der Waals surface area contributed by atoms with E-state index in [-0.39, 0.29) is 36.2 Å². The van der Waals surface area contributed by atoms with Crippen molar-refractivity contribution >= 4 is 41.7 Å². The van der Waals surface area contributed by atoms with Crippen molar-refractivity contribution in [1.29, 1.82) is 0 Å². The topological polar surface area (TPSA) is 75.4 Å². The van der Waals surface area contributed by atoms with Gasteiger partial charge in [0.05, 0.1) is 5.92 Å². The van der Waals surface area contributed by atoms with Gasteiger partial charge >= 0.3 is 0 Å². The first-order valence-corrected chi connectivity index (χ1v) is 9.09. The van der Waals surface area contributed by atoms with Crippen LogP contribution in [0, 0.1) is 12.8 Å². The maximum atomic E-state index is 12.5. The first kappa shape index (κ1) is 20.8. The van der Waals surface area contributed by atoms with Crippen LogP contribution in [0.25, 0.3) is 0 Å². The number of halogens is 1. The number of rotatable bonds is 4. The molecule has 0 aromatic heterocycles. The van der Waals surface area contributed by atoms with Gasteiger partial charge in [0, 0.05) is 41.9 Å². The van der Waals surface area contributed by atoms with Gasteiger partial charge in [-0.1, -0.05) is 6.92 Å². The Hall–Kier alpha value is -1.24. The van der Waals surface area contributed by atoms with E-state index < -0.39 is 0 Å². The second-order valence-corrected chi connectivity index (χ2v) is 7.30. The lowest BCUT2D eigenvalue weighted by molar-refractivity contribution is -0.119. The molecule has 0 spiro atoms. The molecule has 2 amide bonds. The van der Waals surface area contributed by atoms with Crippen molar-refractivity contribution in [3.05, 3.63) is 29.3 Å². The highest BCUT2D eigenvalue weighted by Crippen LogP contribution is 2.20. The number of nitrogens with zero attached hydrogens (tertiary/aromatic N) is 1. The van der Waals surface area contributed by atoms with E-state index in [9.17, 15) is 9.59 Å². The van der Waals surface area contributed by atoms with Gasteiger partial charge in [-0.05, 0) is 37.6 Å². The monoisotopic (exact) mass is 371 g/mol. The van der Waals surface area contributed by atoms with Crippen LogP contribution in [0.15, 0.2) is 18.2 Å². The molecular formula is C17H26ClN3O2S. The van der Waals surface area contributed by atoms with Crippen LogP contribution in [0.3, 0.4) is 0 Å². The summed E-state index contributed by atoms with van der Waals surface area (Å²) in [5.74, 6) is 1.69. The van der Waals surface area contributed by atoms with Crippen LogP contribution in [0.2, 0.25) is 0 Å². The minimum atomic E-state index is -0.262. The van der Waals surface area contributed by atoms with Gasteiger partial charge in [0.2, 0.25) is 5.91 Å². The van der Waals surface area contributed by atoms with Crippen LogP contribution in [-0.2, 0) is 4.79 Å². The number of hydrogen-bond acceptors (Lipinski definition) is 4. The van der Waals surface area contributed by atoms with Crippen molar-refractivity contribution in [3.8, 4) is 0 Å². The molecular weight excluding hydrogens is 346 g/mol. The molecule has 5 nitrogen and oxygen atoms in total. The molecule has 1 aliphatic heterocycles. The van der Waals surface area contributed by atoms with Crippen molar-refractivity contribution < 1.29 is 9.59 Å². The molecule has 0 aliphatic carbocycles. The average Bonchev–Trinajstić information content (AvgIpc) is 2.55. The number of hydrogen-bond donors (Lipinski definition) is 2. The average molecular weight is 372 g/mol. The maximum absolute atomic E-state index is 12.5. The summed E-state index contributed by atoms with van der Waals surface area (Å²) in [4.78, 5) is 26.5. The standard InChI is InChI=1S/C17H25N3O2S.ClH/c1-11-10-14(17(22)20-6-8-23-9-7-20)4-5-15(11)19-16(21)12(2)13(3)18;/h4-5,10,12-13H,6-9,18H2,1-3H3,(H,19,21);1H. The predicted octanol–water partition coefficient (Wildman–Crippen LogP) is 2.53. The van der Waals surface area contributed by atoms with E-state index in [0.29, 0.717) is 5.56 Å². The molecule has 2 atom stereocenters. The van der Waals surface area contributed by atoms with Gasteiger partial charge in [-0.2, -0.15) is 11.8 Å². The molecule has 0 radical (unpaired) electrons. The van der Waals surface area contributed by atoms with E-state index in [4.69, 9.17) is 5.73 Å². The van der Waals surface area contributed by atoms with E-state index in [1.54, 1.807) is 12.1 Å². The fraction of sp³-hybridized carbons (Fsp3) is 0.529. The SMILES string of the molecule is Cc1cc(C(=O)N2CCSCC2)ccc1NC(=O)C(C)C(C)N.Cl. The summed E-state index contributed by atoms with van der Waals surface area (Å²) in [6, 6.07) is 5.22. The fourth-order valence-corrected chi connectivity index (χ4v) is 3.27. The van der Waals surface area contributed by atoms with E-state index in [0.717, 1.165) is 35.8 Å². The van der Waals surface area contributed by atoms with Crippen LogP contribution >= 0.6 is 24.2 Å². The molecule has 1 aromatic rings. The summed E-state index contributed by atoms with van der Waals surface area (Å²) in [7, 11) is 0. The van der Waals surface area contributed by atoms with Gasteiger partial charge in [-0.15, -0.1) is 12.4 Å². The van der Waals surface area contributed by atoms with Crippen molar-refractivity contribution in [2.75, 3.05) is 29.9 Å². The zero-order valence-corrected chi connectivity index (χ0v) is 16.0. The molecule has 134 valence electrons. The maximum Gasteiger partial charge on any atom is 0.253 e. The number of nitrogens with two attached hydrogens (primary N) is 1. The van der Waals surface area contributed by atoms with Gasteiger partial charge in [0.15, 0.2) is 0 Å². The first-order valence-electron chi connectivity index (χ1n) is 7.94. The normalized spacial score (nSPS) is 16.8. The van der Waals surface area contributed by atoms with Crippen LogP contribution in [0.1, 0.15) is 29.8 Å². The molecule has 1 heterocycles. The molecule has 0 saturated carbocycles. The number of benzene rings is 1. The second-order valence-electron chi connectivity index (χ2n) is 6.07. The quantitative estimate of drug-likeness (QED) is 0.852. The molecule has 24 heavy (non-hydrogen) atoms. The van der Waals surface area contributed by atoms with E-state index in [1.165, 1.54) is 0 Å². The lowest BCUT2D eigenvalue weighted by Gasteiger charge is -2.26. The largest absolute Gasteiger partial charge is 0.337 e. The number of thioether (sulfide) groups is 1. The van der Waals surface area contributed by atoms with Gasteiger partial charge in [-0.25, -0.2) is 0 Å². The molecule has 1 aromatic carbocycles. The highest BCUT2D eigenvalue weighted by atomic mass is 35.5. The van der Waals surface area contributed by atoms with Crippen LogP contribution in [0.5, 0.6) is 0 Å². The minimum Gasteiger partial charge on any atom is -0.337 e. The lowest BCUT2D eigenvalue weighted by atomic mass is 10.0. The third-order valence-electron chi connectivity index (χ3n) is 4.23. The highest BCUT2D eigenvalue weighted by molar-refractivity contribution is 7.99. The van der Waals surface area contributed by atoms with E-state index >= 15 is 0 Å². The molecule has 0 bridgehead atoms. The molecule has 1 aliphatic rings. The number of anilines is 1. The Morgan fingerprint density at radius 3 is 2.42 bits per heavy atom. The zero-order chi connectivity index (χ0) is 17.0. The fourth-order valence-electron chi connectivity index (χ4n) is 2.37. The summed E-state index contributed by atoms with van der Waals surface area (Å²) >= 11 is 1.88. The van der Waals surface area contributed by atoms with Gasteiger partial charge in [-0.3, -0.25) is 9.59 Å². The van der Waals surface area contributed by atoms with Crippen LogP contribution in [-0.4, -0.2) is 47.4 Å². The molecule has 1 fully saturated rings. The summed E-state index contributed by atoms with van der Waals surface area (Å²) < 4.78 is 0. The smallest absolute Gasteiger partial charge is 0.253 e. The summed E-state index contributed by atoms with van der Waals surface area (Å²) in [5, 5.41) is 2.89. The zero-order valence-electron chi connectivity index (χ0n) is 14.4. The number of carbonyl (C=O) groups excluding carboxylic acids is 2. The van der Waals surface area contributed by atoms with E-state index in [2.05, 4.69) is 5.32 Å². The predicted molar refractivity (Wildman–Crippen MR) is 103 cm³/mol. The Kier molecular flexibility index (Phi) is 8.06. The Morgan fingerprint density at radius 2 is 1.88 bits per heavy atom. The van der Waals surface area contributed by atoms with Crippen LogP contribution in [0.4, 0.5) is 5.69 Å². The Bertz CT molecular complexity index is 589.